The highest BCUT2D eigenvalue weighted by Crippen LogP contribution is 2.15. The van der Waals surface area contributed by atoms with Crippen LogP contribution < -0.4 is 21.3 Å². The molecule has 1 unspecified atom stereocenters. The maximum atomic E-state index is 13.2. The number of imide groups is 2. The summed E-state index contributed by atoms with van der Waals surface area (Å²) in [5.74, 6) is -4.38. The quantitative estimate of drug-likeness (QED) is 0.0332. The van der Waals surface area contributed by atoms with E-state index >= 15 is 0 Å². The Morgan fingerprint density at radius 2 is 0.817 bits per heavy atom. The fraction of sp³-hybridized carbons (Fsp3) is 0.696. The molecule has 2 aliphatic rings. The molecular formula is C46H72N6O19. The zero-order valence-corrected chi connectivity index (χ0v) is 40.5. The van der Waals surface area contributed by atoms with E-state index in [-0.39, 0.29) is 180 Å². The zero-order valence-electron chi connectivity index (χ0n) is 41.5. The number of ether oxygens (including phenoxy) is 8. The molecule has 2 heterocycles. The molecule has 0 saturated heterocycles. The molecule has 0 aliphatic carbocycles. The molecule has 0 saturated carbocycles. The summed E-state index contributed by atoms with van der Waals surface area (Å²) in [5, 5.41) is 14.7. The fourth-order valence-corrected chi connectivity index (χ4v) is 6.27. The van der Waals surface area contributed by atoms with Crippen molar-refractivity contribution in [2.75, 3.05) is 145 Å². The average molecular weight is 1020 g/mol. The molecule has 0 radical (unpaired) electrons. The van der Waals surface area contributed by atoms with Gasteiger partial charge in [0, 0.05) is 102 Å². The van der Waals surface area contributed by atoms with Gasteiger partial charge in [0.1, 0.15) is 5.78 Å². The van der Waals surface area contributed by atoms with E-state index in [0.29, 0.717) is 52.2 Å². The van der Waals surface area contributed by atoms with E-state index in [1.807, 2.05) is 0 Å². The molecule has 71 heavy (non-hydrogen) atoms. The molecule has 0 bridgehead atoms. The minimum Gasteiger partial charge on any atom is -0.481 e. The van der Waals surface area contributed by atoms with Crippen LogP contribution in [0.1, 0.15) is 57.8 Å². The predicted molar refractivity (Wildman–Crippen MR) is 248 cm³/mol. The van der Waals surface area contributed by atoms with Gasteiger partial charge in [-0.3, -0.25) is 57.7 Å². The van der Waals surface area contributed by atoms with Gasteiger partial charge in [0.2, 0.25) is 23.6 Å². The van der Waals surface area contributed by atoms with Gasteiger partial charge >= 0.3 is 5.97 Å². The molecule has 0 aromatic carbocycles. The smallest absolute Gasteiger partial charge is 0.305 e. The van der Waals surface area contributed by atoms with Gasteiger partial charge in [-0.25, -0.2) is 0 Å². The summed E-state index contributed by atoms with van der Waals surface area (Å²) in [7, 11) is 0. The van der Waals surface area contributed by atoms with Gasteiger partial charge in [-0.15, -0.1) is 0 Å². The summed E-state index contributed by atoms with van der Waals surface area (Å²) in [5.41, 5.74) is 0. The molecule has 2 aliphatic heterocycles. The number of carboxylic acid groups (broad SMARTS) is 1. The molecule has 0 spiro atoms. The summed E-state index contributed by atoms with van der Waals surface area (Å²) >= 11 is 0. The second kappa shape index (κ2) is 40.1. The van der Waals surface area contributed by atoms with Gasteiger partial charge in [-0.1, -0.05) is 6.42 Å². The van der Waals surface area contributed by atoms with Crippen LogP contribution in [-0.4, -0.2) is 219 Å². The summed E-state index contributed by atoms with van der Waals surface area (Å²) in [6.45, 7) is 4.87. The van der Waals surface area contributed by atoms with Crippen LogP contribution in [0.5, 0.6) is 0 Å². The number of amides is 8. The monoisotopic (exact) mass is 1010 g/mol. The second-order valence-corrected chi connectivity index (χ2v) is 15.6. The summed E-state index contributed by atoms with van der Waals surface area (Å²) in [4.78, 5) is 122. The van der Waals surface area contributed by atoms with E-state index in [9.17, 15) is 47.9 Å². The molecule has 0 fully saturated rings. The van der Waals surface area contributed by atoms with E-state index < -0.39 is 35.5 Å². The first-order chi connectivity index (χ1) is 34.9. The minimum atomic E-state index is -0.671. The van der Waals surface area contributed by atoms with Crippen molar-refractivity contribution >= 4 is 59.0 Å². The van der Waals surface area contributed by atoms with E-state index in [1.165, 1.54) is 0 Å². The Morgan fingerprint density at radius 3 is 1.27 bits per heavy atom. The van der Waals surface area contributed by atoms with Gasteiger partial charge in [0.05, 0.1) is 112 Å². The zero-order chi connectivity index (χ0) is 52.4. The topological polar surface area (TPSA) is 319 Å². The standard InChI is InChI=1S/C46H72N6O19/c53-37(10-19-64-25-28-67-22-14-48-38(54)8-17-51-41(57)4-5-42(51)58)35-36(46(63)50-16-24-69-30-32-71-34-33-70-31-27-66-21-12-45(61)62)3-1-2-13-47-40(56)11-20-65-26-29-68-23-15-49-39(55)9-18-52-43(59)6-7-44(52)60/h4-7,36H,1-3,8-35H2,(H,47,56)(H,48,54)(H,49,55)(H,50,63)(H,61,62)/i/hT. The largest absolute Gasteiger partial charge is 0.481 e. The molecule has 8 amide bonds. The molecule has 25 heteroatoms. The highest BCUT2D eigenvalue weighted by Gasteiger charge is 2.25. The van der Waals surface area contributed by atoms with E-state index in [0.717, 1.165) is 34.1 Å². The summed E-state index contributed by atoms with van der Waals surface area (Å²) in [6, 6.07) is 0. The van der Waals surface area contributed by atoms with Crippen molar-refractivity contribution in [1.82, 2.24) is 31.1 Å². The Hall–Kier alpha value is -5.54. The number of carboxylic acids is 1. The normalized spacial score (nSPS) is 13.7. The average Bonchev–Trinajstić information content (AvgIpc) is 3.87. The van der Waals surface area contributed by atoms with Crippen molar-refractivity contribution in [3.8, 4) is 0 Å². The molecule has 25 nitrogen and oxygen atoms in total. The number of carbonyl (C=O) groups is 10. The van der Waals surface area contributed by atoms with Crippen molar-refractivity contribution in [1.29, 1.82) is 1.43 Å². The lowest BCUT2D eigenvalue weighted by Gasteiger charge is -2.17. The number of carbonyl (C=O) groups excluding carboxylic acids is 9. The molecule has 0 aromatic rings. The first-order valence-corrected chi connectivity index (χ1v) is 23.9. The summed E-state index contributed by atoms with van der Waals surface area (Å²) < 4.78 is 49.9. The first kappa shape index (κ1) is 59.8. The number of Topliss-reactive ketones (excluding diaryl/α,β-unsaturated/α-hetero) is 1. The van der Waals surface area contributed by atoms with Gasteiger partial charge in [0.25, 0.3) is 25.1 Å². The minimum absolute atomic E-state index is 0.000652. The van der Waals surface area contributed by atoms with Crippen LogP contribution >= 0.6 is 0 Å². The van der Waals surface area contributed by atoms with Gasteiger partial charge in [-0.2, -0.15) is 0 Å². The van der Waals surface area contributed by atoms with Crippen LogP contribution in [0.15, 0.2) is 24.3 Å². The number of rotatable bonds is 47. The maximum absolute atomic E-state index is 13.2. The highest BCUT2D eigenvalue weighted by atomic mass is 16.6. The van der Waals surface area contributed by atoms with Crippen LogP contribution in [0.2, 0.25) is 0 Å². The van der Waals surface area contributed by atoms with E-state index in [1.54, 1.807) is 0 Å². The van der Waals surface area contributed by atoms with Crippen LogP contribution in [0.3, 0.4) is 0 Å². The maximum Gasteiger partial charge on any atom is 0.305 e. The van der Waals surface area contributed by atoms with Crippen LogP contribution in [0.4, 0.5) is 0 Å². The number of unbranched alkanes of at least 4 members (excludes halogenated alkanes) is 1. The lowest BCUT2D eigenvalue weighted by atomic mass is 9.94. The lowest BCUT2D eigenvalue weighted by molar-refractivity contribution is -0.139. The van der Waals surface area contributed by atoms with Crippen molar-refractivity contribution < 1.29 is 90.9 Å². The number of aliphatic carboxylic acids is 1. The van der Waals surface area contributed by atoms with Gasteiger partial charge in [-0.05, 0) is 12.8 Å². The number of nitrogens with one attached hydrogen (secondary N) is 4. The van der Waals surface area contributed by atoms with Crippen molar-refractivity contribution in [3.05, 3.63) is 24.3 Å². The Kier molecular flexibility index (Phi) is 33.8. The highest BCUT2D eigenvalue weighted by molar-refractivity contribution is 6.13. The molecule has 400 valence electrons. The predicted octanol–water partition coefficient (Wildman–Crippen LogP) is -1.79. The van der Waals surface area contributed by atoms with Gasteiger partial charge < -0.3 is 64.3 Å². The summed E-state index contributed by atoms with van der Waals surface area (Å²) in [6.07, 6.45) is 6.33. The Balaban J connectivity index is 1.57. The second-order valence-electron chi connectivity index (χ2n) is 15.6. The van der Waals surface area contributed by atoms with Crippen molar-refractivity contribution in [2.45, 2.75) is 57.8 Å². The lowest BCUT2D eigenvalue weighted by Crippen LogP contribution is -2.35. The number of nitrogens with zero attached hydrogens (tertiary/aromatic N) is 2. The Bertz CT molecular complexity index is 1720. The van der Waals surface area contributed by atoms with Crippen LogP contribution in [-0.2, 0) is 85.8 Å². The molecule has 1 atom stereocenters. The molecule has 2 rings (SSSR count). The Labute approximate surface area is 414 Å². The third-order valence-corrected chi connectivity index (χ3v) is 10.1. The van der Waals surface area contributed by atoms with Crippen molar-refractivity contribution in [3.63, 3.8) is 0 Å². The van der Waals surface area contributed by atoms with E-state index in [2.05, 4.69) is 26.4 Å². The fourth-order valence-electron chi connectivity index (χ4n) is 6.27. The van der Waals surface area contributed by atoms with E-state index in [4.69, 9.17) is 39.3 Å². The third kappa shape index (κ3) is 32.1. The number of ketones is 1. The molecular weight excluding hydrogens is 941 g/mol. The Morgan fingerprint density at radius 1 is 0.451 bits per heavy atom. The molecule has 0 aromatic heterocycles. The SMILES string of the molecule is [3H]OC(=O)CCOCCOCCOCCOCCNC(=O)C(CCCCNC(=O)CCOCCOCCNC(=O)CCN1C(=O)C=CC1=O)CC(=O)CCOCCOCCNC(=O)CCN1C(=O)C=CC1=O. The van der Waals surface area contributed by atoms with Crippen LogP contribution in [0, 0.1) is 5.92 Å². The third-order valence-electron chi connectivity index (χ3n) is 10.1. The van der Waals surface area contributed by atoms with Crippen molar-refractivity contribution in [2.24, 2.45) is 5.92 Å². The number of hydrogen-bond acceptors (Lipinski definition) is 19. The molecule has 5 N–H and O–H groups in total. The number of hydrogen-bond donors (Lipinski definition) is 5. The first-order valence-electron chi connectivity index (χ1n) is 24.3. The van der Waals surface area contributed by atoms with Gasteiger partial charge in [0.15, 0.2) is 0 Å². The van der Waals surface area contributed by atoms with Crippen LogP contribution in [0.25, 0.3) is 1.43 Å².